The van der Waals surface area contributed by atoms with E-state index in [9.17, 15) is 32.7 Å². The molecule has 31 nitrogen and oxygen atoms in total. The van der Waals surface area contributed by atoms with Crippen LogP contribution in [0.15, 0.2) is 48.5 Å². The number of piperidine rings is 1. The third-order valence-corrected chi connectivity index (χ3v) is 20.6. The SMILES string of the molecule is CCCCN1CC(=O)N(C)[C@@H](CC(C)C)C(=O)N[C@@H](COC(C)(C)C)C(=O)N(C)[C@@H](Cc2ccccc2)C(=O)N(C)[C@@H](CC(C)C)C(=O)N[C@H](C(=O)N2CCCCC2)CC(=O)N[C@H](C(C)C)C(=O)N(C)[C@@H](C(C)C)C(=O)N[C@@H](Cc2ccc(C(=O)NS(C)(=O)=O)c(OC)c2)C(=O)N(C)[C@@H](CC(C)C)C(=O)N[C@@H]([C@@H](C)O)C1=O. The lowest BCUT2D eigenvalue weighted by Crippen LogP contribution is -2.62. The van der Waals surface area contributed by atoms with Crippen LogP contribution in [0, 0.1) is 29.6 Å². The number of nitrogens with one attached hydrogen (secondary N) is 6. The topological polar surface area (TPSA) is 390 Å². The molecule has 0 spiro atoms. The molecule has 0 radical (unpaired) electrons. The Hall–Kier alpha value is -8.78. The summed E-state index contributed by atoms with van der Waals surface area (Å²) in [6.07, 6.45) is 0.860. The van der Waals surface area contributed by atoms with Crippen molar-refractivity contribution in [2.24, 2.45) is 29.6 Å². The summed E-state index contributed by atoms with van der Waals surface area (Å²) in [7, 11) is 3.97. The van der Waals surface area contributed by atoms with Crippen molar-refractivity contribution < 1.29 is 85.3 Å². The van der Waals surface area contributed by atoms with Crippen molar-refractivity contribution in [2.75, 3.05) is 81.4 Å². The molecule has 2 aromatic rings. The molecule has 0 aliphatic carbocycles. The van der Waals surface area contributed by atoms with Gasteiger partial charge in [0.15, 0.2) is 0 Å². The van der Waals surface area contributed by atoms with E-state index in [0.29, 0.717) is 44.3 Å². The molecule has 11 atom stereocenters. The normalized spacial score (nSPS) is 23.8. The van der Waals surface area contributed by atoms with Crippen LogP contribution in [0.1, 0.15) is 183 Å². The first kappa shape index (κ1) is 95.6. The minimum Gasteiger partial charge on any atom is -0.496 e. The number of likely N-dealkylation sites (N-methyl/N-ethyl adjacent to an activating group) is 5. The number of unbranched alkanes of at least 4 members (excludes halogenated alkanes) is 1. The largest absolute Gasteiger partial charge is 0.496 e. The molecule has 13 amide bonds. The monoisotopic (exact) mass is 1590 g/mol. The number of likely N-dealkylation sites (tertiary alicyclic amines) is 1. The minimum absolute atomic E-state index is 0.0203. The van der Waals surface area contributed by atoms with Crippen molar-refractivity contribution in [1.29, 1.82) is 0 Å². The molecule has 2 heterocycles. The number of sulfonamides is 1. The van der Waals surface area contributed by atoms with E-state index in [1.165, 1.54) is 77.3 Å². The highest BCUT2D eigenvalue weighted by atomic mass is 32.2. The average Bonchev–Trinajstić information content (AvgIpc) is 0.811. The zero-order valence-electron chi connectivity index (χ0n) is 70.1. The standard InChI is InChI=1S/C80H129N13O18S/c1-23-24-35-93-45-65(96)87(16)59(38-47(2)3)70(98)83-58(46-111-80(13,14)15)75(103)90(19)62(42-53-31-27-25-28-32-53)77(105)89(18)60(39-48(4)5)71(99)81-57(76(104)92-36-29-26-30-37-92)44-64(95)84-66(50(8)9)78(106)91(20)68(51(10)11)73(101)82-56(41-54-33-34-55(63(43-54)110-21)69(97)86-112(22,108)109)74(102)88(17)61(40-49(6)7)72(100)85-67(52(12)94)79(93)107/h25,27-28,31-34,43,47-52,56-62,66-68,94H,23-24,26,29-30,35-42,44-46H2,1-22H3,(H,81,99)(H,82,101)(H,83,98)(H,84,95)(H,85,100)(H,86,97)/t52-,56+,57+,58+,59+,60+,61+,62+,66-,67+,68+/m1/s1. The number of rotatable bonds is 22. The second-order valence-electron chi connectivity index (χ2n) is 32.9. The van der Waals surface area contributed by atoms with Crippen LogP contribution in [0.5, 0.6) is 5.75 Å². The smallest absolute Gasteiger partial charge is 0.268 e. The third-order valence-electron chi connectivity index (χ3n) is 20.0. The van der Waals surface area contributed by atoms with Crippen LogP contribution in [0.25, 0.3) is 0 Å². The van der Waals surface area contributed by atoms with Crippen LogP contribution in [0.4, 0.5) is 0 Å². The first-order valence-electron chi connectivity index (χ1n) is 39.1. The van der Waals surface area contributed by atoms with Crippen LogP contribution in [0.2, 0.25) is 0 Å². The number of methoxy groups -OCH3 is 1. The van der Waals surface area contributed by atoms with E-state index in [-0.39, 0.29) is 66.9 Å². The fourth-order valence-corrected chi connectivity index (χ4v) is 14.2. The number of benzene rings is 2. The number of nitrogens with zero attached hydrogens (tertiary/aromatic N) is 7. The van der Waals surface area contributed by atoms with Gasteiger partial charge in [-0.25, -0.2) is 13.1 Å². The van der Waals surface area contributed by atoms with E-state index in [4.69, 9.17) is 9.47 Å². The maximum Gasteiger partial charge on any atom is 0.268 e. The van der Waals surface area contributed by atoms with Crippen molar-refractivity contribution >= 4 is 86.8 Å². The molecule has 0 aromatic heterocycles. The van der Waals surface area contributed by atoms with Crippen LogP contribution in [-0.2, 0) is 85.1 Å². The maximum atomic E-state index is 15.7. The highest BCUT2D eigenvalue weighted by molar-refractivity contribution is 7.89. The minimum atomic E-state index is -4.06. The fourth-order valence-electron chi connectivity index (χ4n) is 13.7. The van der Waals surface area contributed by atoms with Gasteiger partial charge in [0.05, 0.1) is 50.2 Å². The lowest BCUT2D eigenvalue weighted by atomic mass is 9.96. The lowest BCUT2D eigenvalue weighted by molar-refractivity contribution is -0.152. The van der Waals surface area contributed by atoms with Gasteiger partial charge in [0, 0.05) is 67.7 Å². The van der Waals surface area contributed by atoms with Crippen LogP contribution >= 0.6 is 0 Å². The molecule has 7 N–H and O–H groups in total. The van der Waals surface area contributed by atoms with E-state index in [0.717, 1.165) is 32.3 Å². The molecule has 0 bridgehead atoms. The Kier molecular flexibility index (Phi) is 37.1. The first-order valence-corrected chi connectivity index (χ1v) is 41.0. The molecule has 2 saturated heterocycles. The summed E-state index contributed by atoms with van der Waals surface area (Å²) in [4.78, 5) is 205. The number of hydrogen-bond donors (Lipinski definition) is 7. The summed E-state index contributed by atoms with van der Waals surface area (Å²) in [5.74, 6) is -13.2. The number of hydrogen-bond acceptors (Lipinski definition) is 18. The first-order chi connectivity index (χ1) is 52.1. The Balaban J connectivity index is 2.07. The van der Waals surface area contributed by atoms with Crippen molar-refractivity contribution in [2.45, 2.75) is 247 Å². The average molecular weight is 1590 g/mol. The van der Waals surface area contributed by atoms with E-state index < -0.39 is 197 Å². The van der Waals surface area contributed by atoms with Gasteiger partial charge < -0.3 is 75.5 Å². The Morgan fingerprint density at radius 2 is 1.10 bits per heavy atom. The van der Waals surface area contributed by atoms with Crippen molar-refractivity contribution in [3.8, 4) is 5.75 Å². The molecule has 32 heteroatoms. The van der Waals surface area contributed by atoms with E-state index in [1.54, 1.807) is 97.5 Å². The molecule has 0 unspecified atom stereocenters. The summed E-state index contributed by atoms with van der Waals surface area (Å²) >= 11 is 0. The van der Waals surface area contributed by atoms with Gasteiger partial charge in [0.25, 0.3) is 5.91 Å². The van der Waals surface area contributed by atoms with Crippen molar-refractivity contribution in [3.05, 3.63) is 65.2 Å². The summed E-state index contributed by atoms with van der Waals surface area (Å²) in [6.45, 7) is 25.2. The fraction of sp³-hybridized carbons (Fsp3) is 0.688. The van der Waals surface area contributed by atoms with Crippen LogP contribution < -0.4 is 36.0 Å². The number of ether oxygens (including phenoxy) is 2. The summed E-state index contributed by atoms with van der Waals surface area (Å²) < 4.78 is 38.0. The zero-order chi connectivity index (χ0) is 84.7. The van der Waals surface area contributed by atoms with Crippen molar-refractivity contribution in [3.63, 3.8) is 0 Å². The number of aliphatic hydroxyl groups is 1. The molecule has 4 rings (SSSR count). The Labute approximate surface area is 663 Å². The second kappa shape index (κ2) is 43.5. The van der Waals surface area contributed by atoms with Gasteiger partial charge in [0.2, 0.25) is 80.9 Å². The predicted molar refractivity (Wildman–Crippen MR) is 424 cm³/mol. The number of carbonyl (C=O) groups excluding carboxylic acids is 13. The Morgan fingerprint density at radius 1 is 0.580 bits per heavy atom. The summed E-state index contributed by atoms with van der Waals surface area (Å²) in [5.41, 5.74) is -0.248. The Morgan fingerprint density at radius 3 is 1.61 bits per heavy atom. The molecular formula is C80H129N13O18S. The second-order valence-corrected chi connectivity index (χ2v) is 34.6. The molecule has 2 aliphatic heterocycles. The molecule has 112 heavy (non-hydrogen) atoms. The Bertz CT molecular complexity index is 3690. The number of aliphatic hydroxyl groups excluding tert-OH is 1. The summed E-state index contributed by atoms with van der Waals surface area (Å²) in [6, 6.07) is -1.99. The molecule has 628 valence electrons. The van der Waals surface area contributed by atoms with Gasteiger partial charge in [0.1, 0.15) is 66.2 Å². The highest BCUT2D eigenvalue weighted by Gasteiger charge is 2.45. The third kappa shape index (κ3) is 28.4. The quantitative estimate of drug-likeness (QED) is 0.0888. The van der Waals surface area contributed by atoms with Gasteiger partial charge in [-0.05, 0) is 125 Å². The molecular weight excluding hydrogens is 1460 g/mol. The van der Waals surface area contributed by atoms with E-state index >= 15 is 43.2 Å². The van der Waals surface area contributed by atoms with Gasteiger partial charge >= 0.3 is 0 Å². The zero-order valence-corrected chi connectivity index (χ0v) is 70.9. The predicted octanol–water partition coefficient (Wildman–Crippen LogP) is 3.42. The molecule has 2 aliphatic rings. The molecule has 2 aromatic carbocycles. The van der Waals surface area contributed by atoms with Gasteiger partial charge in [-0.1, -0.05) is 119 Å². The summed E-state index contributed by atoms with van der Waals surface area (Å²) in [5, 5.41) is 25.5. The van der Waals surface area contributed by atoms with Crippen LogP contribution in [-0.4, -0.2) is 278 Å². The molecule has 2 fully saturated rings. The van der Waals surface area contributed by atoms with E-state index in [1.807, 2.05) is 39.3 Å². The van der Waals surface area contributed by atoms with Crippen molar-refractivity contribution in [1.82, 2.24) is 65.6 Å². The van der Waals surface area contributed by atoms with Gasteiger partial charge in [-0.15, -0.1) is 0 Å². The van der Waals surface area contributed by atoms with E-state index in [2.05, 4.69) is 26.6 Å². The lowest BCUT2D eigenvalue weighted by Gasteiger charge is -2.38. The molecule has 0 saturated carbocycles. The highest BCUT2D eigenvalue weighted by Crippen LogP contribution is 2.26. The van der Waals surface area contributed by atoms with Crippen LogP contribution in [0.3, 0.4) is 0 Å². The number of amides is 13. The maximum absolute atomic E-state index is 15.7. The van der Waals surface area contributed by atoms with Gasteiger partial charge in [-0.3, -0.25) is 62.3 Å². The van der Waals surface area contributed by atoms with Gasteiger partial charge in [-0.2, -0.15) is 0 Å². The number of carbonyl (C=O) groups is 13.